The average molecular weight is 334 g/mol. The van der Waals surface area contributed by atoms with Crippen molar-refractivity contribution < 1.29 is 19.0 Å². The fraction of sp³-hybridized carbons (Fsp3) is 0.389. The van der Waals surface area contributed by atoms with Crippen molar-refractivity contribution in [2.24, 2.45) is 11.7 Å². The molecule has 1 heterocycles. The van der Waals surface area contributed by atoms with Gasteiger partial charge >= 0.3 is 5.97 Å². The first-order valence-electron chi connectivity index (χ1n) is 8.04. The van der Waals surface area contributed by atoms with E-state index in [0.29, 0.717) is 5.92 Å². The fourth-order valence-corrected chi connectivity index (χ4v) is 2.56. The van der Waals surface area contributed by atoms with Gasteiger partial charge in [0.1, 0.15) is 12.4 Å². The maximum absolute atomic E-state index is 13.8. The highest BCUT2D eigenvalue weighted by Gasteiger charge is 2.10. The van der Waals surface area contributed by atoms with E-state index in [9.17, 15) is 9.18 Å². The first-order valence-corrected chi connectivity index (χ1v) is 8.04. The number of carbonyl (C=O) groups is 1. The summed E-state index contributed by atoms with van der Waals surface area (Å²) < 4.78 is 19.0. The quantitative estimate of drug-likeness (QED) is 0.527. The first-order chi connectivity index (χ1) is 11.6. The van der Waals surface area contributed by atoms with Gasteiger partial charge in [0.15, 0.2) is 5.88 Å². The Kier molecular flexibility index (Phi) is 6.81. The zero-order chi connectivity index (χ0) is 17.4. The SMILES string of the molecule is N/C(=C\C=C/CC1CCNCC1)OCc1ccc(C(=O)O)cc1F. The average Bonchev–Trinajstić information content (AvgIpc) is 2.58. The third-order valence-electron chi connectivity index (χ3n) is 4.02. The van der Waals surface area contributed by atoms with Crippen LogP contribution in [0.25, 0.3) is 0 Å². The molecule has 0 aromatic heterocycles. The number of halogens is 1. The van der Waals surface area contributed by atoms with Crippen LogP contribution in [0.5, 0.6) is 0 Å². The van der Waals surface area contributed by atoms with Crippen molar-refractivity contribution in [3.8, 4) is 0 Å². The molecule has 6 heteroatoms. The largest absolute Gasteiger partial charge is 0.478 e. The number of piperidine rings is 1. The van der Waals surface area contributed by atoms with Crippen LogP contribution >= 0.6 is 0 Å². The van der Waals surface area contributed by atoms with Crippen LogP contribution in [0.4, 0.5) is 4.39 Å². The molecule has 0 aliphatic carbocycles. The summed E-state index contributed by atoms with van der Waals surface area (Å²) in [5.41, 5.74) is 5.89. The minimum absolute atomic E-state index is 0.0454. The predicted octanol–water partition coefficient (Wildman–Crippen LogP) is 2.79. The van der Waals surface area contributed by atoms with Crippen molar-refractivity contribution in [2.75, 3.05) is 13.1 Å². The Balaban J connectivity index is 1.79. The zero-order valence-electron chi connectivity index (χ0n) is 13.5. The molecule has 24 heavy (non-hydrogen) atoms. The molecule has 1 fully saturated rings. The third-order valence-corrected chi connectivity index (χ3v) is 4.02. The van der Waals surface area contributed by atoms with Gasteiger partial charge in [0.2, 0.25) is 0 Å². The third kappa shape index (κ3) is 5.70. The van der Waals surface area contributed by atoms with Gasteiger partial charge in [-0.15, -0.1) is 0 Å². The highest BCUT2D eigenvalue weighted by atomic mass is 19.1. The lowest BCUT2D eigenvalue weighted by atomic mass is 9.94. The molecule has 130 valence electrons. The van der Waals surface area contributed by atoms with Gasteiger partial charge in [0.05, 0.1) is 5.56 Å². The highest BCUT2D eigenvalue weighted by Crippen LogP contribution is 2.16. The van der Waals surface area contributed by atoms with E-state index in [1.54, 1.807) is 6.08 Å². The van der Waals surface area contributed by atoms with Gasteiger partial charge in [0, 0.05) is 5.56 Å². The topological polar surface area (TPSA) is 84.6 Å². The second-order valence-electron chi connectivity index (χ2n) is 5.83. The lowest BCUT2D eigenvalue weighted by Crippen LogP contribution is -2.27. The maximum atomic E-state index is 13.8. The van der Waals surface area contributed by atoms with Crippen molar-refractivity contribution in [3.63, 3.8) is 0 Å². The molecule has 1 aromatic carbocycles. The van der Waals surface area contributed by atoms with Crippen LogP contribution in [0.1, 0.15) is 35.2 Å². The monoisotopic (exact) mass is 334 g/mol. The zero-order valence-corrected chi connectivity index (χ0v) is 13.5. The van der Waals surface area contributed by atoms with Gasteiger partial charge in [-0.25, -0.2) is 9.18 Å². The fourth-order valence-electron chi connectivity index (χ4n) is 2.56. The molecule has 5 nitrogen and oxygen atoms in total. The molecule has 1 aromatic rings. The molecule has 0 amide bonds. The first kappa shape index (κ1) is 18.0. The van der Waals surface area contributed by atoms with Crippen LogP contribution in [0, 0.1) is 11.7 Å². The normalized spacial score (nSPS) is 16.5. The van der Waals surface area contributed by atoms with Crippen LogP contribution in [-0.2, 0) is 11.3 Å². The van der Waals surface area contributed by atoms with Gasteiger partial charge in [-0.3, -0.25) is 0 Å². The second-order valence-corrected chi connectivity index (χ2v) is 5.83. The molecule has 0 radical (unpaired) electrons. The number of aromatic carboxylic acids is 1. The number of carboxylic acid groups (broad SMARTS) is 1. The number of benzene rings is 1. The van der Waals surface area contributed by atoms with E-state index in [1.165, 1.54) is 25.0 Å². The summed E-state index contributed by atoms with van der Waals surface area (Å²) in [6.45, 7) is 2.11. The molecule has 4 N–H and O–H groups in total. The van der Waals surface area contributed by atoms with Gasteiger partial charge in [0.25, 0.3) is 0 Å². The smallest absolute Gasteiger partial charge is 0.335 e. The van der Waals surface area contributed by atoms with Crippen LogP contribution in [0.15, 0.2) is 42.3 Å². The molecule has 0 spiro atoms. The summed E-state index contributed by atoms with van der Waals surface area (Å²) in [7, 11) is 0. The highest BCUT2D eigenvalue weighted by molar-refractivity contribution is 5.87. The summed E-state index contributed by atoms with van der Waals surface area (Å²) in [6.07, 6.45) is 8.94. The lowest BCUT2D eigenvalue weighted by molar-refractivity contribution is 0.0696. The van der Waals surface area contributed by atoms with E-state index >= 15 is 0 Å². The molecular formula is C18H23FN2O3. The molecule has 0 saturated carbocycles. The molecular weight excluding hydrogens is 311 g/mol. The number of allylic oxidation sites excluding steroid dienone is 3. The second kappa shape index (κ2) is 9.08. The number of hydrogen-bond donors (Lipinski definition) is 3. The minimum Gasteiger partial charge on any atom is -0.478 e. The number of nitrogens with two attached hydrogens (primary N) is 1. The Morgan fingerprint density at radius 3 is 2.83 bits per heavy atom. The van der Waals surface area contributed by atoms with E-state index in [4.69, 9.17) is 15.6 Å². The van der Waals surface area contributed by atoms with Crippen molar-refractivity contribution >= 4 is 5.97 Å². The predicted molar refractivity (Wildman–Crippen MR) is 89.8 cm³/mol. The van der Waals surface area contributed by atoms with E-state index in [2.05, 4.69) is 11.4 Å². The van der Waals surface area contributed by atoms with Gasteiger partial charge in [-0.1, -0.05) is 18.2 Å². The summed E-state index contributed by atoms with van der Waals surface area (Å²) in [6, 6.07) is 3.70. The molecule has 1 saturated heterocycles. The van der Waals surface area contributed by atoms with Gasteiger partial charge in [-0.05, 0) is 56.5 Å². The van der Waals surface area contributed by atoms with Crippen LogP contribution in [0.3, 0.4) is 0 Å². The van der Waals surface area contributed by atoms with E-state index in [-0.39, 0.29) is 23.6 Å². The van der Waals surface area contributed by atoms with Crippen LogP contribution in [0.2, 0.25) is 0 Å². The number of nitrogens with one attached hydrogen (secondary N) is 1. The van der Waals surface area contributed by atoms with Crippen molar-refractivity contribution in [2.45, 2.75) is 25.9 Å². The number of hydrogen-bond acceptors (Lipinski definition) is 4. The van der Waals surface area contributed by atoms with Crippen molar-refractivity contribution in [3.05, 3.63) is 59.3 Å². The van der Waals surface area contributed by atoms with Crippen LogP contribution in [-0.4, -0.2) is 24.2 Å². The molecule has 1 aliphatic heterocycles. The van der Waals surface area contributed by atoms with E-state index in [0.717, 1.165) is 25.6 Å². The lowest BCUT2D eigenvalue weighted by Gasteiger charge is -2.20. The Hall–Kier alpha value is -2.34. The van der Waals surface area contributed by atoms with Crippen molar-refractivity contribution in [1.29, 1.82) is 0 Å². The summed E-state index contributed by atoms with van der Waals surface area (Å²) >= 11 is 0. The molecule has 1 aliphatic rings. The standard InChI is InChI=1S/C18H23FN2O3/c19-16-11-14(18(22)23)5-6-15(16)12-24-17(20)4-2-1-3-13-7-9-21-10-8-13/h1-2,4-6,11,13,21H,3,7-10,12,20H2,(H,22,23)/b2-1-,17-4+. The molecule has 0 unspecified atom stereocenters. The maximum Gasteiger partial charge on any atom is 0.335 e. The Morgan fingerprint density at radius 1 is 1.42 bits per heavy atom. The number of ether oxygens (including phenoxy) is 1. The van der Waals surface area contributed by atoms with Crippen molar-refractivity contribution in [1.82, 2.24) is 5.32 Å². The van der Waals surface area contributed by atoms with E-state index < -0.39 is 11.8 Å². The minimum atomic E-state index is -1.17. The molecule has 0 bridgehead atoms. The summed E-state index contributed by atoms with van der Waals surface area (Å²) in [5, 5.41) is 12.1. The Labute approximate surface area is 141 Å². The van der Waals surface area contributed by atoms with E-state index in [1.807, 2.05) is 6.08 Å². The number of rotatable bonds is 7. The summed E-state index contributed by atoms with van der Waals surface area (Å²) in [5.74, 6) is -0.887. The van der Waals surface area contributed by atoms with Crippen LogP contribution < -0.4 is 11.1 Å². The summed E-state index contributed by atoms with van der Waals surface area (Å²) in [4.78, 5) is 10.8. The molecule has 0 atom stereocenters. The van der Waals surface area contributed by atoms with Gasteiger partial charge in [-0.2, -0.15) is 0 Å². The van der Waals surface area contributed by atoms with Gasteiger partial charge < -0.3 is 20.9 Å². The number of carboxylic acids is 1. The Morgan fingerprint density at radius 2 is 2.17 bits per heavy atom. The molecule has 2 rings (SSSR count). The Bertz CT molecular complexity index is 623.